The van der Waals surface area contributed by atoms with E-state index >= 15 is 0 Å². The van der Waals surface area contributed by atoms with Crippen molar-refractivity contribution in [3.63, 3.8) is 0 Å². The number of hydrogen-bond donors (Lipinski definition) is 2. The van der Waals surface area contributed by atoms with Crippen LogP contribution in [0.1, 0.15) is 16.7 Å². The first kappa shape index (κ1) is 20.9. The minimum absolute atomic E-state index is 0.215. The summed E-state index contributed by atoms with van der Waals surface area (Å²) >= 11 is 0. The monoisotopic (exact) mass is 403 g/mol. The molecule has 3 aromatic rings. The van der Waals surface area contributed by atoms with E-state index in [1.54, 1.807) is 7.11 Å². The average molecular weight is 403 g/mol. The number of ether oxygens (including phenoxy) is 2. The van der Waals surface area contributed by atoms with Gasteiger partial charge in [0.05, 0.1) is 7.11 Å². The van der Waals surface area contributed by atoms with Gasteiger partial charge in [0.1, 0.15) is 12.4 Å². The predicted molar refractivity (Wildman–Crippen MR) is 118 cm³/mol. The number of aryl methyl sites for hydroxylation is 1. The number of methoxy groups -OCH3 is 1. The van der Waals surface area contributed by atoms with Crippen LogP contribution in [0.5, 0.6) is 5.75 Å². The van der Waals surface area contributed by atoms with E-state index in [1.165, 1.54) is 11.1 Å². The van der Waals surface area contributed by atoms with E-state index in [4.69, 9.17) is 25.0 Å². The van der Waals surface area contributed by atoms with Gasteiger partial charge in [0.2, 0.25) is 6.41 Å². The van der Waals surface area contributed by atoms with Crippen LogP contribution in [0.15, 0.2) is 77.8 Å². The van der Waals surface area contributed by atoms with Gasteiger partial charge in [-0.25, -0.2) is 4.99 Å². The molecule has 0 spiro atoms. The molecule has 1 aliphatic heterocycles. The van der Waals surface area contributed by atoms with Crippen LogP contribution in [0.2, 0.25) is 0 Å². The fourth-order valence-corrected chi connectivity index (χ4v) is 3.54. The second-order valence-electron chi connectivity index (χ2n) is 6.91. The third kappa shape index (κ3) is 4.27. The molecule has 1 aliphatic rings. The molecule has 0 bridgehead atoms. The third-order valence-electron chi connectivity index (χ3n) is 4.99. The van der Waals surface area contributed by atoms with Crippen molar-refractivity contribution in [2.75, 3.05) is 13.7 Å². The standard InChI is InChI=1S/C23H22N2O2.CH3NO/c1-16-5-3-6-17(13-16)18-7-4-8-20(14-18)23(15-27-22(24)25-23)19-9-11-21(26-2)12-10-19;2-1-3/h3-14H,15H2,1-2H3,(H2,24,25);1H,(H2,2,3). The molecule has 0 saturated carbocycles. The van der Waals surface area contributed by atoms with Crippen molar-refractivity contribution in [1.29, 1.82) is 0 Å². The molecule has 0 aromatic heterocycles. The van der Waals surface area contributed by atoms with E-state index in [0.29, 0.717) is 6.61 Å². The minimum Gasteiger partial charge on any atom is -0.497 e. The summed E-state index contributed by atoms with van der Waals surface area (Å²) in [7, 11) is 1.66. The number of hydrogen-bond acceptors (Lipinski definition) is 5. The number of rotatable bonds is 4. The highest BCUT2D eigenvalue weighted by molar-refractivity contribution is 5.76. The molecule has 1 amide bonds. The lowest BCUT2D eigenvalue weighted by Crippen LogP contribution is -2.27. The zero-order valence-electron chi connectivity index (χ0n) is 17.0. The Bertz CT molecular complexity index is 1050. The Hall–Kier alpha value is -3.80. The van der Waals surface area contributed by atoms with E-state index in [2.05, 4.69) is 61.2 Å². The molecule has 4 N–H and O–H groups in total. The normalized spacial score (nSPS) is 17.2. The summed E-state index contributed by atoms with van der Waals surface area (Å²) in [5, 5.41) is 0. The quantitative estimate of drug-likeness (QED) is 0.653. The lowest BCUT2D eigenvalue weighted by molar-refractivity contribution is -0.106. The van der Waals surface area contributed by atoms with Gasteiger partial charge in [0.25, 0.3) is 6.02 Å². The van der Waals surface area contributed by atoms with Gasteiger partial charge in [0, 0.05) is 0 Å². The summed E-state index contributed by atoms with van der Waals surface area (Å²) in [5.41, 5.74) is 15.0. The van der Waals surface area contributed by atoms with Crippen LogP contribution in [-0.2, 0) is 15.1 Å². The summed E-state index contributed by atoms with van der Waals surface area (Å²) in [6.45, 7) is 2.48. The Morgan fingerprint density at radius 1 is 1.00 bits per heavy atom. The molecule has 0 radical (unpaired) electrons. The van der Waals surface area contributed by atoms with Gasteiger partial charge in [-0.1, -0.05) is 60.2 Å². The van der Waals surface area contributed by atoms with E-state index in [0.717, 1.165) is 22.4 Å². The SMILES string of the molecule is COc1ccc(C2(c3cccc(-c4cccc(C)c4)c3)COC(N)=N2)cc1.NC=O. The van der Waals surface area contributed by atoms with Crippen LogP contribution in [-0.4, -0.2) is 26.1 Å². The van der Waals surface area contributed by atoms with Crippen molar-refractivity contribution < 1.29 is 14.3 Å². The first-order valence-electron chi connectivity index (χ1n) is 9.48. The largest absolute Gasteiger partial charge is 0.497 e. The molecule has 1 atom stereocenters. The number of primary amides is 1. The van der Waals surface area contributed by atoms with E-state index < -0.39 is 5.54 Å². The molecule has 154 valence electrons. The van der Waals surface area contributed by atoms with Crippen molar-refractivity contribution in [2.45, 2.75) is 12.5 Å². The smallest absolute Gasteiger partial charge is 0.283 e. The lowest BCUT2D eigenvalue weighted by atomic mass is 9.83. The van der Waals surface area contributed by atoms with Crippen LogP contribution < -0.4 is 16.2 Å². The molecular formula is C24H25N3O3. The molecule has 3 aromatic carbocycles. The molecule has 4 rings (SSSR count). The topological polar surface area (TPSA) is 99.9 Å². The summed E-state index contributed by atoms with van der Waals surface area (Å²) in [4.78, 5) is 13.3. The van der Waals surface area contributed by atoms with Gasteiger partial charge in [-0.3, -0.25) is 4.79 Å². The van der Waals surface area contributed by atoms with Crippen LogP contribution >= 0.6 is 0 Å². The van der Waals surface area contributed by atoms with Crippen molar-refractivity contribution >= 4 is 12.4 Å². The number of benzene rings is 3. The molecule has 1 heterocycles. The Kier molecular flexibility index (Phi) is 6.37. The number of amidine groups is 1. The molecule has 30 heavy (non-hydrogen) atoms. The van der Waals surface area contributed by atoms with Crippen LogP contribution in [0.4, 0.5) is 0 Å². The molecule has 6 heteroatoms. The second-order valence-corrected chi connectivity index (χ2v) is 6.91. The second kappa shape index (κ2) is 9.13. The van der Waals surface area contributed by atoms with E-state index in [9.17, 15) is 0 Å². The lowest BCUT2D eigenvalue weighted by Gasteiger charge is -2.26. The number of nitrogens with two attached hydrogens (primary N) is 2. The van der Waals surface area contributed by atoms with Gasteiger partial charge in [-0.05, 0) is 47.4 Å². The van der Waals surface area contributed by atoms with Crippen LogP contribution in [0, 0.1) is 6.92 Å². The molecule has 0 aliphatic carbocycles. The summed E-state index contributed by atoms with van der Waals surface area (Å²) in [6.07, 6.45) is 0.250. The fraction of sp³-hybridized carbons (Fsp3) is 0.167. The van der Waals surface area contributed by atoms with Crippen molar-refractivity contribution in [3.05, 3.63) is 89.5 Å². The highest BCUT2D eigenvalue weighted by Gasteiger charge is 2.40. The molecule has 1 unspecified atom stereocenters. The molecular weight excluding hydrogens is 378 g/mol. The average Bonchev–Trinajstić information content (AvgIpc) is 3.17. The Labute approximate surface area is 176 Å². The summed E-state index contributed by atoms with van der Waals surface area (Å²) < 4.78 is 10.9. The maximum Gasteiger partial charge on any atom is 0.283 e. The van der Waals surface area contributed by atoms with Gasteiger partial charge in [0.15, 0.2) is 5.54 Å². The minimum atomic E-state index is -0.657. The van der Waals surface area contributed by atoms with Crippen LogP contribution in [0.3, 0.4) is 0 Å². The first-order valence-corrected chi connectivity index (χ1v) is 9.48. The maximum atomic E-state index is 8.58. The van der Waals surface area contributed by atoms with Crippen molar-refractivity contribution in [2.24, 2.45) is 16.5 Å². The maximum absolute atomic E-state index is 8.58. The number of carbonyl (C=O) groups excluding carboxylic acids is 1. The summed E-state index contributed by atoms with van der Waals surface area (Å²) in [5.74, 6) is 0.804. The van der Waals surface area contributed by atoms with E-state index in [-0.39, 0.29) is 12.4 Å². The van der Waals surface area contributed by atoms with Crippen LogP contribution in [0.25, 0.3) is 11.1 Å². The van der Waals surface area contributed by atoms with Gasteiger partial charge in [-0.2, -0.15) is 0 Å². The Morgan fingerprint density at radius 3 is 2.20 bits per heavy atom. The highest BCUT2D eigenvalue weighted by atomic mass is 16.5. The predicted octanol–water partition coefficient (Wildman–Crippen LogP) is 3.36. The number of nitrogens with zero attached hydrogens (tertiary/aromatic N) is 1. The van der Waals surface area contributed by atoms with Gasteiger partial charge < -0.3 is 20.9 Å². The van der Waals surface area contributed by atoms with Gasteiger partial charge in [-0.15, -0.1) is 0 Å². The van der Waals surface area contributed by atoms with E-state index in [1.807, 2.05) is 24.3 Å². The third-order valence-corrected chi connectivity index (χ3v) is 4.99. The first-order chi connectivity index (χ1) is 14.5. The zero-order valence-corrected chi connectivity index (χ0v) is 17.0. The van der Waals surface area contributed by atoms with Crippen molar-refractivity contribution in [3.8, 4) is 16.9 Å². The Balaban J connectivity index is 0.000000806. The molecule has 6 nitrogen and oxygen atoms in total. The fourth-order valence-electron chi connectivity index (χ4n) is 3.54. The number of carbonyl (C=O) groups is 1. The summed E-state index contributed by atoms with van der Waals surface area (Å²) in [6, 6.07) is 25.0. The van der Waals surface area contributed by atoms with Crippen molar-refractivity contribution in [1.82, 2.24) is 0 Å². The number of amides is 1. The Morgan fingerprint density at radius 2 is 1.63 bits per heavy atom. The van der Waals surface area contributed by atoms with Gasteiger partial charge >= 0.3 is 0 Å². The molecule has 0 fully saturated rings. The zero-order chi connectivity index (χ0) is 21.6. The number of aliphatic imine (C=N–C) groups is 1. The highest BCUT2D eigenvalue weighted by Crippen LogP contribution is 2.39. The molecule has 0 saturated heterocycles.